The third-order valence-corrected chi connectivity index (χ3v) is 7.09. The van der Waals surface area contributed by atoms with Crippen molar-refractivity contribution in [3.8, 4) is 0 Å². The van der Waals surface area contributed by atoms with E-state index in [0.29, 0.717) is 37.5 Å². The van der Waals surface area contributed by atoms with Gasteiger partial charge in [0, 0.05) is 36.5 Å². The van der Waals surface area contributed by atoms with E-state index in [1.54, 1.807) is 17.0 Å². The molecule has 176 valence electrons. The molecule has 2 saturated heterocycles. The average Bonchev–Trinajstić information content (AvgIpc) is 3.12. The standard InChI is InChI=1S/C24H34ClN3O4/c1-16(2)21(26-19(29)14-27-12-5-6-20(27)30)22(31)28-13-11-24(32,23(3,4)15-28)17-7-9-18(25)10-8-17/h7-10,16,21,32H,5-6,11-15H2,1-4H3,(H,26,29)/t21-,24+/m1/s1. The van der Waals surface area contributed by atoms with E-state index < -0.39 is 17.1 Å². The largest absolute Gasteiger partial charge is 0.384 e. The van der Waals surface area contributed by atoms with E-state index >= 15 is 0 Å². The van der Waals surface area contributed by atoms with E-state index in [1.807, 2.05) is 39.8 Å². The summed E-state index contributed by atoms with van der Waals surface area (Å²) in [7, 11) is 0. The molecule has 1 aromatic carbocycles. The zero-order chi connectivity index (χ0) is 23.7. The lowest BCUT2D eigenvalue weighted by Crippen LogP contribution is -2.61. The third kappa shape index (κ3) is 4.94. The minimum absolute atomic E-state index is 0.0167. The number of benzene rings is 1. The lowest BCUT2D eigenvalue weighted by atomic mass is 9.66. The van der Waals surface area contributed by atoms with Crippen LogP contribution in [0.4, 0.5) is 0 Å². The topological polar surface area (TPSA) is 90.0 Å². The summed E-state index contributed by atoms with van der Waals surface area (Å²) in [4.78, 5) is 41.0. The zero-order valence-electron chi connectivity index (χ0n) is 19.4. The summed E-state index contributed by atoms with van der Waals surface area (Å²) < 4.78 is 0. The summed E-state index contributed by atoms with van der Waals surface area (Å²) in [6.07, 6.45) is 1.62. The molecule has 3 amide bonds. The number of amides is 3. The molecule has 1 aromatic rings. The van der Waals surface area contributed by atoms with Crippen molar-refractivity contribution < 1.29 is 19.5 Å². The molecule has 0 aromatic heterocycles. The first kappa shape index (κ1) is 24.5. The van der Waals surface area contributed by atoms with Gasteiger partial charge in [-0.15, -0.1) is 0 Å². The Labute approximate surface area is 195 Å². The minimum Gasteiger partial charge on any atom is -0.384 e. The molecule has 0 radical (unpaired) electrons. The molecule has 0 aliphatic carbocycles. The van der Waals surface area contributed by atoms with Gasteiger partial charge in [-0.2, -0.15) is 0 Å². The van der Waals surface area contributed by atoms with Crippen molar-refractivity contribution in [2.24, 2.45) is 11.3 Å². The molecular weight excluding hydrogens is 430 g/mol. The van der Waals surface area contributed by atoms with Crippen molar-refractivity contribution in [1.29, 1.82) is 0 Å². The molecule has 3 rings (SSSR count). The van der Waals surface area contributed by atoms with Gasteiger partial charge < -0.3 is 20.2 Å². The second kappa shape index (κ2) is 9.40. The smallest absolute Gasteiger partial charge is 0.245 e. The molecule has 0 spiro atoms. The highest BCUT2D eigenvalue weighted by molar-refractivity contribution is 6.30. The normalized spacial score (nSPS) is 24.0. The Morgan fingerprint density at radius 1 is 1.19 bits per heavy atom. The molecule has 2 atom stereocenters. The van der Waals surface area contributed by atoms with Crippen LogP contribution in [0.2, 0.25) is 5.02 Å². The van der Waals surface area contributed by atoms with Crippen LogP contribution < -0.4 is 5.32 Å². The van der Waals surface area contributed by atoms with Gasteiger partial charge in [-0.1, -0.05) is 51.4 Å². The predicted molar refractivity (Wildman–Crippen MR) is 123 cm³/mol. The molecule has 0 unspecified atom stereocenters. The number of aliphatic hydroxyl groups is 1. The summed E-state index contributed by atoms with van der Waals surface area (Å²) in [6, 6.07) is 6.50. The van der Waals surface area contributed by atoms with Crippen LogP contribution in [0.15, 0.2) is 24.3 Å². The number of hydrogen-bond donors (Lipinski definition) is 2. The Hall–Kier alpha value is -2.12. The average molecular weight is 464 g/mol. The molecule has 7 nitrogen and oxygen atoms in total. The quantitative estimate of drug-likeness (QED) is 0.678. The SMILES string of the molecule is CC(C)[C@@H](NC(=O)CN1CCCC1=O)C(=O)N1CC[C@](O)(c2ccc(Cl)cc2)C(C)(C)C1. The maximum absolute atomic E-state index is 13.4. The van der Waals surface area contributed by atoms with Gasteiger partial charge in [-0.25, -0.2) is 0 Å². The summed E-state index contributed by atoms with van der Waals surface area (Å²) in [5.74, 6) is -0.610. The van der Waals surface area contributed by atoms with Gasteiger partial charge in [0.05, 0.1) is 12.1 Å². The molecule has 0 saturated carbocycles. The van der Waals surface area contributed by atoms with E-state index in [2.05, 4.69) is 5.32 Å². The van der Waals surface area contributed by atoms with Crippen molar-refractivity contribution in [2.45, 2.75) is 58.6 Å². The maximum Gasteiger partial charge on any atom is 0.245 e. The first-order valence-electron chi connectivity index (χ1n) is 11.3. The fraction of sp³-hybridized carbons (Fsp3) is 0.625. The van der Waals surface area contributed by atoms with Crippen LogP contribution >= 0.6 is 11.6 Å². The molecular formula is C24H34ClN3O4. The maximum atomic E-state index is 13.4. The number of rotatable bonds is 6. The van der Waals surface area contributed by atoms with E-state index in [-0.39, 0.29) is 30.2 Å². The van der Waals surface area contributed by atoms with Crippen LogP contribution in [0.1, 0.15) is 52.5 Å². The summed E-state index contributed by atoms with van der Waals surface area (Å²) in [5, 5.41) is 15.0. The lowest BCUT2D eigenvalue weighted by molar-refractivity contribution is -0.156. The number of carbonyl (C=O) groups excluding carboxylic acids is 3. The summed E-state index contributed by atoms with van der Waals surface area (Å²) in [5.41, 5.74) is -0.925. The van der Waals surface area contributed by atoms with E-state index in [1.165, 1.54) is 4.90 Å². The Morgan fingerprint density at radius 2 is 1.84 bits per heavy atom. The Morgan fingerprint density at radius 3 is 2.38 bits per heavy atom. The van der Waals surface area contributed by atoms with Crippen molar-refractivity contribution >= 4 is 29.3 Å². The Balaban J connectivity index is 1.69. The third-order valence-electron chi connectivity index (χ3n) is 6.84. The van der Waals surface area contributed by atoms with Crippen molar-refractivity contribution in [3.05, 3.63) is 34.9 Å². The lowest BCUT2D eigenvalue weighted by Gasteiger charge is -2.51. The van der Waals surface area contributed by atoms with Gasteiger partial charge in [0.25, 0.3) is 0 Å². The van der Waals surface area contributed by atoms with Crippen molar-refractivity contribution in [1.82, 2.24) is 15.1 Å². The van der Waals surface area contributed by atoms with Gasteiger partial charge in [0.1, 0.15) is 6.04 Å². The monoisotopic (exact) mass is 463 g/mol. The Kier molecular flexibility index (Phi) is 7.20. The molecule has 8 heteroatoms. The minimum atomic E-state index is -1.10. The number of piperidine rings is 1. The highest BCUT2D eigenvalue weighted by Gasteiger charge is 2.50. The Bertz CT molecular complexity index is 871. The predicted octanol–water partition coefficient (Wildman–Crippen LogP) is 2.55. The highest BCUT2D eigenvalue weighted by atomic mass is 35.5. The molecule has 2 aliphatic heterocycles. The zero-order valence-corrected chi connectivity index (χ0v) is 20.1. The van der Waals surface area contributed by atoms with Gasteiger partial charge >= 0.3 is 0 Å². The number of hydrogen-bond acceptors (Lipinski definition) is 4. The van der Waals surface area contributed by atoms with Crippen LogP contribution in [0.25, 0.3) is 0 Å². The van der Waals surface area contributed by atoms with E-state index in [9.17, 15) is 19.5 Å². The second-order valence-electron chi connectivity index (χ2n) is 9.97. The van der Waals surface area contributed by atoms with Crippen LogP contribution in [-0.2, 0) is 20.0 Å². The van der Waals surface area contributed by atoms with Crippen molar-refractivity contribution in [2.75, 3.05) is 26.2 Å². The fourth-order valence-corrected chi connectivity index (χ4v) is 4.87. The number of carbonyl (C=O) groups is 3. The van der Waals surface area contributed by atoms with Gasteiger partial charge in [0.2, 0.25) is 17.7 Å². The van der Waals surface area contributed by atoms with Crippen LogP contribution in [-0.4, -0.2) is 64.8 Å². The molecule has 0 bridgehead atoms. The van der Waals surface area contributed by atoms with Crippen LogP contribution in [0.5, 0.6) is 0 Å². The van der Waals surface area contributed by atoms with Gasteiger partial charge in [-0.05, 0) is 36.5 Å². The summed E-state index contributed by atoms with van der Waals surface area (Å²) in [6.45, 7) is 8.98. The first-order valence-corrected chi connectivity index (χ1v) is 11.7. The van der Waals surface area contributed by atoms with Crippen molar-refractivity contribution in [3.63, 3.8) is 0 Å². The van der Waals surface area contributed by atoms with E-state index in [0.717, 1.165) is 12.0 Å². The number of nitrogens with zero attached hydrogens (tertiary/aromatic N) is 2. The fourth-order valence-electron chi connectivity index (χ4n) is 4.74. The molecule has 2 N–H and O–H groups in total. The molecule has 2 aliphatic rings. The molecule has 32 heavy (non-hydrogen) atoms. The number of nitrogens with one attached hydrogen (secondary N) is 1. The highest BCUT2D eigenvalue weighted by Crippen LogP contribution is 2.46. The number of likely N-dealkylation sites (tertiary alicyclic amines) is 2. The van der Waals surface area contributed by atoms with Crippen LogP contribution in [0.3, 0.4) is 0 Å². The number of halogens is 1. The van der Waals surface area contributed by atoms with Gasteiger partial charge in [-0.3, -0.25) is 14.4 Å². The van der Waals surface area contributed by atoms with E-state index in [4.69, 9.17) is 11.6 Å². The summed E-state index contributed by atoms with van der Waals surface area (Å²) >= 11 is 6.01. The molecule has 2 fully saturated rings. The van der Waals surface area contributed by atoms with Crippen LogP contribution in [0, 0.1) is 11.3 Å². The first-order chi connectivity index (χ1) is 14.9. The van der Waals surface area contributed by atoms with Gasteiger partial charge in [0.15, 0.2) is 0 Å². The second-order valence-corrected chi connectivity index (χ2v) is 10.4. The molecule has 2 heterocycles.